The molecule has 168 valence electrons. The second-order valence-corrected chi connectivity index (χ2v) is 9.71. The summed E-state index contributed by atoms with van der Waals surface area (Å²) < 4.78 is 13.4. The fourth-order valence-electron chi connectivity index (χ4n) is 4.42. The first-order valence-corrected chi connectivity index (χ1v) is 12.1. The van der Waals surface area contributed by atoms with E-state index in [1.807, 2.05) is 24.2 Å². The summed E-state index contributed by atoms with van der Waals surface area (Å²) >= 11 is 1.48. The molecule has 2 atom stereocenters. The average molecular weight is 453 g/mol. The molecular weight excluding hydrogens is 423 g/mol. The zero-order valence-corrected chi connectivity index (χ0v) is 19.7. The predicted octanol–water partition coefficient (Wildman–Crippen LogP) is 5.48. The number of nitrogens with zero attached hydrogens (tertiary/aromatic N) is 4. The predicted molar refractivity (Wildman–Crippen MR) is 125 cm³/mol. The van der Waals surface area contributed by atoms with E-state index in [1.165, 1.54) is 23.5 Å². The number of piperidine rings is 1. The van der Waals surface area contributed by atoms with Crippen molar-refractivity contribution in [3.05, 3.63) is 64.6 Å². The standard InChI is InChI=1S/C25H29FN4OS/c1-4-18-14-27-22(28-15-18)12-11-21-16(2)6-5-13-30(21)25(31)23-24(32-17(3)29-23)19-7-9-20(26)10-8-19/h7-10,14-16,21H,4-6,11-13H2,1-3H3/t16-,21?/m1/s1. The van der Waals surface area contributed by atoms with Crippen LogP contribution in [0.3, 0.4) is 0 Å². The van der Waals surface area contributed by atoms with Gasteiger partial charge in [-0.15, -0.1) is 11.3 Å². The van der Waals surface area contributed by atoms with Crippen LogP contribution in [0, 0.1) is 18.7 Å². The van der Waals surface area contributed by atoms with Crippen LogP contribution in [0.15, 0.2) is 36.7 Å². The van der Waals surface area contributed by atoms with Gasteiger partial charge in [0.05, 0.1) is 9.88 Å². The van der Waals surface area contributed by atoms with Gasteiger partial charge in [0.25, 0.3) is 5.91 Å². The van der Waals surface area contributed by atoms with Crippen molar-refractivity contribution >= 4 is 17.2 Å². The Hall–Kier alpha value is -2.67. The zero-order chi connectivity index (χ0) is 22.7. The lowest BCUT2D eigenvalue weighted by molar-refractivity contribution is 0.0494. The maximum Gasteiger partial charge on any atom is 0.274 e. The van der Waals surface area contributed by atoms with Crippen molar-refractivity contribution in [2.75, 3.05) is 6.54 Å². The van der Waals surface area contributed by atoms with E-state index in [1.54, 1.807) is 12.1 Å². The molecule has 0 radical (unpaired) electrons. The maximum absolute atomic E-state index is 13.7. The van der Waals surface area contributed by atoms with E-state index in [2.05, 4.69) is 28.8 Å². The molecule has 1 saturated heterocycles. The van der Waals surface area contributed by atoms with Crippen molar-refractivity contribution < 1.29 is 9.18 Å². The Morgan fingerprint density at radius 1 is 1.22 bits per heavy atom. The van der Waals surface area contributed by atoms with Gasteiger partial charge in [-0.1, -0.05) is 26.0 Å². The summed E-state index contributed by atoms with van der Waals surface area (Å²) in [6, 6.07) is 6.40. The summed E-state index contributed by atoms with van der Waals surface area (Å²) in [5, 5.41) is 0.832. The van der Waals surface area contributed by atoms with Crippen LogP contribution in [0.2, 0.25) is 0 Å². The summed E-state index contributed by atoms with van der Waals surface area (Å²) in [4.78, 5) is 30.1. The molecule has 0 N–H and O–H groups in total. The quantitative estimate of drug-likeness (QED) is 0.497. The van der Waals surface area contributed by atoms with Gasteiger partial charge < -0.3 is 4.90 Å². The van der Waals surface area contributed by atoms with Gasteiger partial charge in [0.1, 0.15) is 17.3 Å². The van der Waals surface area contributed by atoms with Gasteiger partial charge in [0.15, 0.2) is 0 Å². The number of carbonyl (C=O) groups is 1. The molecule has 0 saturated carbocycles. The van der Waals surface area contributed by atoms with E-state index in [4.69, 9.17) is 0 Å². The second-order valence-electron chi connectivity index (χ2n) is 8.50. The van der Waals surface area contributed by atoms with Crippen molar-refractivity contribution in [2.24, 2.45) is 5.92 Å². The summed E-state index contributed by atoms with van der Waals surface area (Å²) in [6.45, 7) is 6.94. The monoisotopic (exact) mass is 452 g/mol. The first kappa shape index (κ1) is 22.5. The van der Waals surface area contributed by atoms with Gasteiger partial charge in [-0.2, -0.15) is 0 Å². The molecule has 0 aliphatic carbocycles. The molecule has 2 aromatic heterocycles. The highest BCUT2D eigenvalue weighted by molar-refractivity contribution is 7.15. The Kier molecular flexibility index (Phi) is 6.94. The van der Waals surface area contributed by atoms with Crippen LogP contribution >= 0.6 is 11.3 Å². The minimum Gasteiger partial charge on any atom is -0.334 e. The number of aromatic nitrogens is 3. The number of amides is 1. The molecule has 3 heterocycles. The third-order valence-corrected chi connectivity index (χ3v) is 7.27. The molecular formula is C25H29FN4OS. The number of rotatable bonds is 6. The molecule has 7 heteroatoms. The number of benzene rings is 1. The van der Waals surface area contributed by atoms with Crippen LogP contribution in [0.1, 0.15) is 60.0 Å². The summed E-state index contributed by atoms with van der Waals surface area (Å²) in [5.74, 6) is 0.898. The first-order chi connectivity index (χ1) is 15.5. The van der Waals surface area contributed by atoms with Gasteiger partial charge >= 0.3 is 0 Å². The lowest BCUT2D eigenvalue weighted by Gasteiger charge is -2.40. The molecule has 4 rings (SSSR count). The van der Waals surface area contributed by atoms with Crippen molar-refractivity contribution in [3.63, 3.8) is 0 Å². The molecule has 1 aliphatic rings. The molecule has 1 amide bonds. The minimum atomic E-state index is -0.290. The normalized spacial score (nSPS) is 18.7. The summed E-state index contributed by atoms with van der Waals surface area (Å²) in [7, 11) is 0. The lowest BCUT2D eigenvalue weighted by atomic mass is 9.87. The molecule has 32 heavy (non-hydrogen) atoms. The molecule has 0 spiro atoms. The fraction of sp³-hybridized carbons (Fsp3) is 0.440. The van der Waals surface area contributed by atoms with E-state index in [0.717, 1.165) is 65.5 Å². The third-order valence-electron chi connectivity index (χ3n) is 6.25. The van der Waals surface area contributed by atoms with E-state index in [9.17, 15) is 9.18 Å². The summed E-state index contributed by atoms with van der Waals surface area (Å²) in [6.07, 6.45) is 8.36. The number of aryl methyl sites for hydroxylation is 3. The Labute approximate surface area is 192 Å². The molecule has 1 aliphatic heterocycles. The first-order valence-electron chi connectivity index (χ1n) is 11.3. The number of carbonyl (C=O) groups excluding carboxylic acids is 1. The smallest absolute Gasteiger partial charge is 0.274 e. The zero-order valence-electron chi connectivity index (χ0n) is 18.8. The SMILES string of the molecule is CCc1cnc(CCC2[C@H](C)CCCN2C(=O)c2nc(C)sc2-c2ccc(F)cc2)nc1. The van der Waals surface area contributed by atoms with E-state index in [0.29, 0.717) is 11.6 Å². The Morgan fingerprint density at radius 2 is 1.94 bits per heavy atom. The van der Waals surface area contributed by atoms with Gasteiger partial charge in [-0.3, -0.25) is 4.79 Å². The van der Waals surface area contributed by atoms with Crippen LogP contribution in [0.25, 0.3) is 10.4 Å². The highest BCUT2D eigenvalue weighted by Crippen LogP contribution is 2.34. The third kappa shape index (κ3) is 4.88. The fourth-order valence-corrected chi connectivity index (χ4v) is 5.33. The van der Waals surface area contributed by atoms with Crippen molar-refractivity contribution in [1.29, 1.82) is 0 Å². The van der Waals surface area contributed by atoms with Crippen LogP contribution in [0.4, 0.5) is 4.39 Å². The van der Waals surface area contributed by atoms with E-state index < -0.39 is 0 Å². The van der Waals surface area contributed by atoms with Crippen LogP contribution in [-0.2, 0) is 12.8 Å². The Bertz CT molecular complexity index is 1060. The molecule has 5 nitrogen and oxygen atoms in total. The lowest BCUT2D eigenvalue weighted by Crippen LogP contribution is -2.48. The number of hydrogen-bond acceptors (Lipinski definition) is 5. The molecule has 0 bridgehead atoms. The summed E-state index contributed by atoms with van der Waals surface area (Å²) in [5.41, 5.74) is 2.43. The Balaban J connectivity index is 1.56. The van der Waals surface area contributed by atoms with Crippen molar-refractivity contribution in [1.82, 2.24) is 19.9 Å². The van der Waals surface area contributed by atoms with Crippen LogP contribution in [-0.4, -0.2) is 38.3 Å². The molecule has 1 aromatic carbocycles. The number of thiazole rings is 1. The number of likely N-dealkylation sites (tertiary alicyclic amines) is 1. The van der Waals surface area contributed by atoms with Gasteiger partial charge in [0.2, 0.25) is 0 Å². The van der Waals surface area contributed by atoms with Crippen molar-refractivity contribution in [2.45, 2.75) is 58.9 Å². The highest BCUT2D eigenvalue weighted by atomic mass is 32.1. The molecule has 3 aromatic rings. The van der Waals surface area contributed by atoms with Crippen LogP contribution in [0.5, 0.6) is 0 Å². The van der Waals surface area contributed by atoms with Crippen molar-refractivity contribution in [3.8, 4) is 10.4 Å². The van der Waals surface area contributed by atoms with Gasteiger partial charge in [-0.25, -0.2) is 19.3 Å². The second kappa shape index (κ2) is 9.86. The molecule has 1 unspecified atom stereocenters. The minimum absolute atomic E-state index is 0.0347. The highest BCUT2D eigenvalue weighted by Gasteiger charge is 2.34. The Morgan fingerprint density at radius 3 is 2.62 bits per heavy atom. The number of halogens is 1. The average Bonchev–Trinajstić information content (AvgIpc) is 3.20. The number of hydrogen-bond donors (Lipinski definition) is 0. The topological polar surface area (TPSA) is 59.0 Å². The largest absolute Gasteiger partial charge is 0.334 e. The van der Waals surface area contributed by atoms with Crippen LogP contribution < -0.4 is 0 Å². The molecule has 1 fully saturated rings. The van der Waals surface area contributed by atoms with Gasteiger partial charge in [0, 0.05) is 31.4 Å². The van der Waals surface area contributed by atoms with E-state index >= 15 is 0 Å². The maximum atomic E-state index is 13.7. The van der Waals surface area contributed by atoms with E-state index in [-0.39, 0.29) is 17.8 Å². The van der Waals surface area contributed by atoms with Gasteiger partial charge in [-0.05, 0) is 61.8 Å².